The summed E-state index contributed by atoms with van der Waals surface area (Å²) in [5, 5.41) is 3.28. The van der Waals surface area contributed by atoms with Gasteiger partial charge in [-0.1, -0.05) is 0 Å². The number of nitrogens with one attached hydrogen (secondary N) is 1. The van der Waals surface area contributed by atoms with Gasteiger partial charge in [0.15, 0.2) is 0 Å². The van der Waals surface area contributed by atoms with Crippen LogP contribution in [-0.2, 0) is 4.79 Å². The fourth-order valence-corrected chi connectivity index (χ4v) is 3.48. The van der Waals surface area contributed by atoms with Crippen molar-refractivity contribution in [3.05, 3.63) is 0 Å². The summed E-state index contributed by atoms with van der Waals surface area (Å²) in [7, 11) is 1.98. The molecule has 0 bridgehead atoms. The average molecular weight is 228 g/mol. The second kappa shape index (κ2) is 5.21. The molecule has 1 amide bonds. The smallest absolute Gasteiger partial charge is 0.239 e. The molecule has 1 N–H and O–H groups in total. The summed E-state index contributed by atoms with van der Waals surface area (Å²) in [5.74, 6) is 2.73. The molecule has 15 heavy (non-hydrogen) atoms. The van der Waals surface area contributed by atoms with E-state index in [1.165, 1.54) is 24.3 Å². The predicted molar refractivity (Wildman–Crippen MR) is 64.1 cm³/mol. The van der Waals surface area contributed by atoms with Gasteiger partial charge in [0.05, 0.1) is 6.04 Å². The lowest BCUT2D eigenvalue weighted by Crippen LogP contribution is -2.47. The molecule has 2 aliphatic heterocycles. The number of hydrogen-bond donors (Lipinski definition) is 1. The Morgan fingerprint density at radius 3 is 2.67 bits per heavy atom. The fourth-order valence-electron chi connectivity index (χ4n) is 2.39. The number of carbonyl (C=O) groups excluding carboxylic acids is 1. The molecule has 4 heteroatoms. The standard InChI is InChI=1S/C11H20N2OS/c1-13(9-4-7-15-8-5-9)11(14)10-3-2-6-12-10/h9-10,12H,2-8H2,1H3/t10-/m1/s1. The monoisotopic (exact) mass is 228 g/mol. The van der Waals surface area contributed by atoms with Crippen LogP contribution in [0.5, 0.6) is 0 Å². The average Bonchev–Trinajstić information content (AvgIpc) is 2.82. The Labute approximate surface area is 96.0 Å². The number of rotatable bonds is 2. The molecule has 0 aromatic heterocycles. The van der Waals surface area contributed by atoms with Gasteiger partial charge in [-0.25, -0.2) is 0 Å². The third-order valence-corrected chi connectivity index (χ3v) is 4.49. The molecule has 0 radical (unpaired) electrons. The van der Waals surface area contributed by atoms with E-state index in [9.17, 15) is 4.79 Å². The normalized spacial score (nSPS) is 27.9. The Bertz CT molecular complexity index is 223. The van der Waals surface area contributed by atoms with Crippen LogP contribution in [0.3, 0.4) is 0 Å². The summed E-state index contributed by atoms with van der Waals surface area (Å²) in [5.41, 5.74) is 0. The van der Waals surface area contributed by atoms with E-state index in [0.717, 1.165) is 19.4 Å². The second-order valence-corrected chi connectivity index (χ2v) is 5.67. The molecule has 0 unspecified atom stereocenters. The number of amides is 1. The van der Waals surface area contributed by atoms with Gasteiger partial charge >= 0.3 is 0 Å². The summed E-state index contributed by atoms with van der Waals surface area (Å²) >= 11 is 2.01. The Morgan fingerprint density at radius 1 is 1.33 bits per heavy atom. The van der Waals surface area contributed by atoms with Gasteiger partial charge in [0.1, 0.15) is 0 Å². The van der Waals surface area contributed by atoms with E-state index in [1.54, 1.807) is 0 Å². The third-order valence-electron chi connectivity index (χ3n) is 3.44. The fraction of sp³-hybridized carbons (Fsp3) is 0.909. The molecule has 0 aliphatic carbocycles. The van der Waals surface area contributed by atoms with Crippen LogP contribution in [0.15, 0.2) is 0 Å². The van der Waals surface area contributed by atoms with Crippen LogP contribution >= 0.6 is 11.8 Å². The molecular formula is C11H20N2OS. The molecule has 3 nitrogen and oxygen atoms in total. The van der Waals surface area contributed by atoms with Crippen LogP contribution in [0.2, 0.25) is 0 Å². The van der Waals surface area contributed by atoms with Crippen LogP contribution in [0.25, 0.3) is 0 Å². The highest BCUT2D eigenvalue weighted by Gasteiger charge is 2.29. The summed E-state index contributed by atoms with van der Waals surface area (Å²) in [6, 6.07) is 0.589. The topological polar surface area (TPSA) is 32.3 Å². The molecule has 0 saturated carbocycles. The van der Waals surface area contributed by atoms with Crippen LogP contribution in [-0.4, -0.2) is 48.0 Å². The van der Waals surface area contributed by atoms with Crippen molar-refractivity contribution in [2.75, 3.05) is 25.1 Å². The maximum Gasteiger partial charge on any atom is 0.239 e. The summed E-state index contributed by atoms with van der Waals surface area (Å²) in [6.45, 7) is 1.00. The highest BCUT2D eigenvalue weighted by atomic mass is 32.2. The van der Waals surface area contributed by atoms with Crippen molar-refractivity contribution >= 4 is 17.7 Å². The lowest BCUT2D eigenvalue weighted by atomic mass is 10.1. The van der Waals surface area contributed by atoms with Crippen molar-refractivity contribution in [1.82, 2.24) is 10.2 Å². The molecule has 0 spiro atoms. The predicted octanol–water partition coefficient (Wildman–Crippen LogP) is 1.09. The van der Waals surface area contributed by atoms with E-state index in [-0.39, 0.29) is 6.04 Å². The van der Waals surface area contributed by atoms with E-state index >= 15 is 0 Å². The minimum atomic E-state index is 0.101. The summed E-state index contributed by atoms with van der Waals surface area (Å²) < 4.78 is 0. The number of carbonyl (C=O) groups is 1. The Balaban J connectivity index is 1.87. The number of hydrogen-bond acceptors (Lipinski definition) is 3. The maximum absolute atomic E-state index is 12.1. The van der Waals surface area contributed by atoms with E-state index in [2.05, 4.69) is 5.32 Å². The zero-order chi connectivity index (χ0) is 10.7. The van der Waals surface area contributed by atoms with Crippen molar-refractivity contribution in [1.29, 1.82) is 0 Å². The Kier molecular flexibility index (Phi) is 3.92. The third kappa shape index (κ3) is 2.67. The van der Waals surface area contributed by atoms with Gasteiger partial charge in [-0.3, -0.25) is 4.79 Å². The van der Waals surface area contributed by atoms with E-state index in [4.69, 9.17) is 0 Å². The van der Waals surface area contributed by atoms with Gasteiger partial charge in [0.2, 0.25) is 5.91 Å². The minimum Gasteiger partial charge on any atom is -0.341 e. The number of thioether (sulfide) groups is 1. The molecule has 0 aromatic rings. The SMILES string of the molecule is CN(C(=O)[C@H]1CCCN1)C1CCSCC1. The highest BCUT2D eigenvalue weighted by Crippen LogP contribution is 2.22. The molecule has 2 heterocycles. The first kappa shape index (κ1) is 11.3. The minimum absolute atomic E-state index is 0.101. The number of likely N-dealkylation sites (N-methyl/N-ethyl adjacent to an activating group) is 1. The Hall–Kier alpha value is -0.220. The molecule has 2 aliphatic rings. The molecule has 0 aromatic carbocycles. The van der Waals surface area contributed by atoms with Crippen molar-refractivity contribution in [3.8, 4) is 0 Å². The lowest BCUT2D eigenvalue weighted by molar-refractivity contribution is -0.134. The largest absolute Gasteiger partial charge is 0.341 e. The first-order valence-corrected chi connectivity index (χ1v) is 7.02. The van der Waals surface area contributed by atoms with E-state index in [1.807, 2.05) is 23.7 Å². The van der Waals surface area contributed by atoms with Gasteiger partial charge < -0.3 is 10.2 Å². The zero-order valence-corrected chi connectivity index (χ0v) is 10.2. The van der Waals surface area contributed by atoms with E-state index in [0.29, 0.717) is 11.9 Å². The highest BCUT2D eigenvalue weighted by molar-refractivity contribution is 7.99. The van der Waals surface area contributed by atoms with Gasteiger partial charge in [0.25, 0.3) is 0 Å². The van der Waals surface area contributed by atoms with Gasteiger partial charge in [0, 0.05) is 13.1 Å². The summed E-state index contributed by atoms with van der Waals surface area (Å²) in [4.78, 5) is 14.1. The van der Waals surface area contributed by atoms with Crippen molar-refractivity contribution in [2.24, 2.45) is 0 Å². The van der Waals surface area contributed by atoms with Gasteiger partial charge in [-0.2, -0.15) is 11.8 Å². The number of nitrogens with zero attached hydrogens (tertiary/aromatic N) is 1. The zero-order valence-electron chi connectivity index (χ0n) is 9.37. The molecule has 86 valence electrons. The Morgan fingerprint density at radius 2 is 2.07 bits per heavy atom. The molecule has 1 atom stereocenters. The van der Waals surface area contributed by atoms with Crippen LogP contribution in [0.4, 0.5) is 0 Å². The second-order valence-electron chi connectivity index (χ2n) is 4.44. The van der Waals surface area contributed by atoms with Crippen LogP contribution < -0.4 is 5.32 Å². The van der Waals surface area contributed by atoms with Gasteiger partial charge in [-0.15, -0.1) is 0 Å². The lowest BCUT2D eigenvalue weighted by Gasteiger charge is -2.32. The van der Waals surface area contributed by atoms with Crippen molar-refractivity contribution in [2.45, 2.75) is 37.8 Å². The van der Waals surface area contributed by atoms with Crippen LogP contribution in [0.1, 0.15) is 25.7 Å². The van der Waals surface area contributed by atoms with Crippen molar-refractivity contribution in [3.63, 3.8) is 0 Å². The first-order valence-electron chi connectivity index (χ1n) is 5.87. The quantitative estimate of drug-likeness (QED) is 0.768. The molecular weight excluding hydrogens is 208 g/mol. The van der Waals surface area contributed by atoms with E-state index < -0.39 is 0 Å². The molecule has 2 fully saturated rings. The van der Waals surface area contributed by atoms with Crippen LogP contribution in [0, 0.1) is 0 Å². The van der Waals surface area contributed by atoms with Gasteiger partial charge in [-0.05, 0) is 43.7 Å². The first-order chi connectivity index (χ1) is 7.29. The maximum atomic E-state index is 12.1. The summed E-state index contributed by atoms with van der Waals surface area (Å²) in [6.07, 6.45) is 4.49. The molecule has 2 saturated heterocycles. The van der Waals surface area contributed by atoms with Crippen molar-refractivity contribution < 1.29 is 4.79 Å². The molecule has 2 rings (SSSR count).